The number of nitrogens with one attached hydrogen (secondary N) is 2. The molecule has 0 bridgehead atoms. The van der Waals surface area contributed by atoms with Gasteiger partial charge in [-0.15, -0.1) is 0 Å². The number of hydrogen-bond donors (Lipinski definition) is 2. The first kappa shape index (κ1) is 22.4. The molecular weight excluding hydrogens is 370 g/mol. The van der Waals surface area contributed by atoms with Crippen LogP contribution in [-0.4, -0.2) is 56.1 Å². The van der Waals surface area contributed by atoms with E-state index in [1.807, 2.05) is 6.07 Å². The highest BCUT2D eigenvalue weighted by Crippen LogP contribution is 2.05. The molecule has 2 N–H and O–H groups in total. The second kappa shape index (κ2) is 12.5. The third-order valence-corrected chi connectivity index (χ3v) is 4.23. The molecule has 0 radical (unpaired) electrons. The van der Waals surface area contributed by atoms with E-state index in [-0.39, 0.29) is 23.3 Å². The fourth-order valence-electron chi connectivity index (χ4n) is 2.72. The molecule has 2 rings (SSSR count). The summed E-state index contributed by atoms with van der Waals surface area (Å²) in [5.41, 5.74) is 0.540. The van der Waals surface area contributed by atoms with Crippen molar-refractivity contribution in [3.63, 3.8) is 0 Å². The van der Waals surface area contributed by atoms with Crippen LogP contribution in [0, 0.1) is 0 Å². The Morgan fingerprint density at radius 1 is 1.24 bits per heavy atom. The quantitative estimate of drug-likeness (QED) is 0.273. The Labute approximate surface area is 172 Å². The molecular formula is C22H29N3O4. The van der Waals surface area contributed by atoms with Crippen molar-refractivity contribution in [1.82, 2.24) is 15.5 Å². The van der Waals surface area contributed by atoms with Crippen molar-refractivity contribution in [3.05, 3.63) is 72.3 Å². The van der Waals surface area contributed by atoms with Crippen LogP contribution in [0.25, 0.3) is 0 Å². The molecule has 1 aromatic rings. The van der Waals surface area contributed by atoms with Crippen LogP contribution in [0.3, 0.4) is 0 Å². The number of benzene rings is 1. The topological polar surface area (TPSA) is 79.9 Å². The highest BCUT2D eigenvalue weighted by atomic mass is 16.5. The van der Waals surface area contributed by atoms with Crippen LogP contribution in [0.15, 0.2) is 66.8 Å². The van der Waals surface area contributed by atoms with Crippen LogP contribution >= 0.6 is 0 Å². The minimum Gasteiger partial charge on any atom is -0.466 e. The Hall–Kier alpha value is -2.90. The van der Waals surface area contributed by atoms with Crippen LogP contribution in [-0.2, 0) is 14.3 Å². The molecule has 0 aromatic heterocycles. The first-order chi connectivity index (χ1) is 14.1. The Bertz CT molecular complexity index is 738. The zero-order valence-electron chi connectivity index (χ0n) is 16.9. The van der Waals surface area contributed by atoms with Crippen LogP contribution in [0.1, 0.15) is 23.7 Å². The van der Waals surface area contributed by atoms with Gasteiger partial charge in [-0.2, -0.15) is 0 Å². The number of carbonyl (C=O) groups excluding carboxylic acids is 2. The van der Waals surface area contributed by atoms with E-state index in [0.29, 0.717) is 12.1 Å². The smallest absolute Gasteiger partial charge is 0.267 e. The maximum Gasteiger partial charge on any atom is 0.267 e. The van der Waals surface area contributed by atoms with E-state index in [0.717, 1.165) is 39.3 Å². The van der Waals surface area contributed by atoms with Gasteiger partial charge in [-0.1, -0.05) is 30.9 Å². The third kappa shape index (κ3) is 8.33. The molecule has 7 heteroatoms. The summed E-state index contributed by atoms with van der Waals surface area (Å²) in [6.45, 7) is 10.3. The van der Waals surface area contributed by atoms with E-state index in [1.165, 1.54) is 12.3 Å². The fourth-order valence-corrected chi connectivity index (χ4v) is 2.72. The normalized spacial score (nSPS) is 15.1. The second-order valence-electron chi connectivity index (χ2n) is 6.50. The molecule has 0 saturated carbocycles. The van der Waals surface area contributed by atoms with Gasteiger partial charge >= 0.3 is 0 Å². The second-order valence-corrected chi connectivity index (χ2v) is 6.50. The molecule has 1 heterocycles. The van der Waals surface area contributed by atoms with E-state index in [4.69, 9.17) is 9.47 Å². The summed E-state index contributed by atoms with van der Waals surface area (Å²) in [5, 5.41) is 5.50. The average Bonchev–Trinajstić information content (AvgIpc) is 2.76. The Morgan fingerprint density at radius 3 is 2.66 bits per heavy atom. The van der Waals surface area contributed by atoms with Crippen LogP contribution in [0.4, 0.5) is 0 Å². The molecule has 29 heavy (non-hydrogen) atoms. The maximum atomic E-state index is 12.6. The predicted octanol–water partition coefficient (Wildman–Crippen LogP) is 2.20. The predicted molar refractivity (Wildman–Crippen MR) is 112 cm³/mol. The van der Waals surface area contributed by atoms with Crippen LogP contribution in [0.5, 0.6) is 0 Å². The lowest BCUT2D eigenvalue weighted by Gasteiger charge is -2.26. The molecule has 0 atom stereocenters. The molecule has 1 aliphatic heterocycles. The number of amides is 2. The van der Waals surface area contributed by atoms with Crippen LogP contribution < -0.4 is 10.6 Å². The first-order valence-corrected chi connectivity index (χ1v) is 9.73. The lowest BCUT2D eigenvalue weighted by Crippen LogP contribution is -2.39. The third-order valence-electron chi connectivity index (χ3n) is 4.23. The first-order valence-electron chi connectivity index (χ1n) is 9.73. The summed E-state index contributed by atoms with van der Waals surface area (Å²) >= 11 is 0. The zero-order chi connectivity index (χ0) is 20.9. The number of carbonyl (C=O) groups is 2. The molecule has 1 fully saturated rings. The minimum absolute atomic E-state index is 0.0831. The summed E-state index contributed by atoms with van der Waals surface area (Å²) in [7, 11) is 0. The largest absolute Gasteiger partial charge is 0.466 e. The van der Waals surface area contributed by atoms with Gasteiger partial charge in [0.25, 0.3) is 11.8 Å². The van der Waals surface area contributed by atoms with Crippen molar-refractivity contribution in [1.29, 1.82) is 0 Å². The highest BCUT2D eigenvalue weighted by Gasteiger charge is 2.15. The fraction of sp³-hybridized carbons (Fsp3) is 0.364. The van der Waals surface area contributed by atoms with E-state index in [9.17, 15) is 9.59 Å². The van der Waals surface area contributed by atoms with E-state index in [1.54, 1.807) is 37.3 Å². The molecule has 0 spiro atoms. The SMILES string of the molecule is C=C(/C=C(\NC(=O)c1ccccc1)C(=O)NCCCN1CCOCC1)O/C=C\C. The van der Waals surface area contributed by atoms with Gasteiger partial charge in [-0.05, 0) is 32.0 Å². The number of nitrogens with zero attached hydrogens (tertiary/aromatic N) is 1. The number of rotatable bonds is 10. The van der Waals surface area contributed by atoms with Gasteiger partial charge in [0.05, 0.1) is 19.5 Å². The van der Waals surface area contributed by atoms with Crippen LogP contribution in [0.2, 0.25) is 0 Å². The lowest BCUT2D eigenvalue weighted by atomic mass is 10.2. The Kier molecular flexibility index (Phi) is 9.68. The van der Waals surface area contributed by atoms with Crippen molar-refractivity contribution >= 4 is 11.8 Å². The average molecular weight is 399 g/mol. The summed E-state index contributed by atoms with van der Waals surface area (Å²) in [4.78, 5) is 27.4. The van der Waals surface area contributed by atoms with Gasteiger partial charge in [0.1, 0.15) is 11.5 Å². The molecule has 156 valence electrons. The monoisotopic (exact) mass is 399 g/mol. The zero-order valence-corrected chi connectivity index (χ0v) is 16.9. The standard InChI is InChI=1S/C22H29N3O4/c1-3-14-29-18(2)17-20(24-21(26)19-8-5-4-6-9-19)22(27)23-10-7-11-25-12-15-28-16-13-25/h3-6,8-9,14,17H,2,7,10-13,15-16H2,1H3,(H,23,27)(H,24,26)/b14-3-,20-17-. The lowest BCUT2D eigenvalue weighted by molar-refractivity contribution is -0.117. The van der Waals surface area contributed by atoms with Crippen molar-refractivity contribution in [3.8, 4) is 0 Å². The number of ether oxygens (including phenoxy) is 2. The molecule has 7 nitrogen and oxygen atoms in total. The number of morpholine rings is 1. The Morgan fingerprint density at radius 2 is 1.97 bits per heavy atom. The van der Waals surface area contributed by atoms with Crippen molar-refractivity contribution in [2.75, 3.05) is 39.4 Å². The van der Waals surface area contributed by atoms with E-state index >= 15 is 0 Å². The van der Waals surface area contributed by atoms with Crippen molar-refractivity contribution in [2.24, 2.45) is 0 Å². The number of hydrogen-bond acceptors (Lipinski definition) is 5. The van der Waals surface area contributed by atoms with Gasteiger partial charge in [-0.3, -0.25) is 14.5 Å². The molecule has 1 saturated heterocycles. The van der Waals surface area contributed by atoms with Gasteiger partial charge in [0, 0.05) is 31.3 Å². The van der Waals surface area contributed by atoms with Crippen molar-refractivity contribution < 1.29 is 19.1 Å². The molecule has 1 aromatic carbocycles. The van der Waals surface area contributed by atoms with Gasteiger partial charge in [-0.25, -0.2) is 0 Å². The van der Waals surface area contributed by atoms with Gasteiger partial charge in [0.15, 0.2) is 0 Å². The van der Waals surface area contributed by atoms with E-state index in [2.05, 4.69) is 22.1 Å². The minimum atomic E-state index is -0.388. The van der Waals surface area contributed by atoms with E-state index < -0.39 is 0 Å². The summed E-state index contributed by atoms with van der Waals surface area (Å²) in [5.74, 6) is -0.518. The molecule has 0 aliphatic carbocycles. The molecule has 0 unspecified atom stereocenters. The molecule has 2 amide bonds. The Balaban J connectivity index is 1.93. The number of allylic oxidation sites excluding steroid dienone is 2. The van der Waals surface area contributed by atoms with Crippen molar-refractivity contribution in [2.45, 2.75) is 13.3 Å². The summed E-state index contributed by atoms with van der Waals surface area (Å²) in [6, 6.07) is 8.70. The molecule has 1 aliphatic rings. The highest BCUT2D eigenvalue weighted by molar-refractivity contribution is 6.02. The summed E-state index contributed by atoms with van der Waals surface area (Å²) < 4.78 is 10.6. The summed E-state index contributed by atoms with van der Waals surface area (Å²) in [6.07, 6.45) is 5.38. The maximum absolute atomic E-state index is 12.6. The van der Waals surface area contributed by atoms with Gasteiger partial charge in [0.2, 0.25) is 0 Å². The van der Waals surface area contributed by atoms with Gasteiger partial charge < -0.3 is 20.1 Å².